The fourth-order valence-corrected chi connectivity index (χ4v) is 4.59. The summed E-state index contributed by atoms with van der Waals surface area (Å²) in [4.78, 5) is 30.7. The highest BCUT2D eigenvalue weighted by atomic mass is 19.4. The molecule has 2 aliphatic rings. The molecule has 2 aromatic rings. The van der Waals surface area contributed by atoms with Crippen LogP contribution < -0.4 is 11.1 Å². The van der Waals surface area contributed by atoms with Crippen molar-refractivity contribution in [1.29, 1.82) is 0 Å². The fourth-order valence-electron chi connectivity index (χ4n) is 4.59. The molecule has 2 saturated heterocycles. The number of nitrogens with one attached hydrogen (secondary N) is 1. The largest absolute Gasteiger partial charge is 0.416 e. The molecule has 2 atom stereocenters. The molecular weight excluding hydrogens is 409 g/mol. The number of hydrogen-bond acceptors (Lipinski definition) is 4. The zero-order valence-electron chi connectivity index (χ0n) is 17.2. The Balaban J connectivity index is 1.74. The number of likely N-dealkylation sites (tertiary alicyclic amines) is 1. The molecule has 3 heterocycles. The van der Waals surface area contributed by atoms with E-state index in [4.69, 9.17) is 5.73 Å². The second kappa shape index (κ2) is 7.33. The maximum Gasteiger partial charge on any atom is 0.416 e. The molecule has 0 aliphatic carbocycles. The lowest BCUT2D eigenvalue weighted by molar-refractivity contribution is -0.137. The summed E-state index contributed by atoms with van der Waals surface area (Å²) in [6.45, 7) is 2.42. The minimum atomic E-state index is -4.55. The van der Waals surface area contributed by atoms with Crippen molar-refractivity contribution in [3.8, 4) is 11.1 Å². The number of carbonyl (C=O) groups is 2. The van der Waals surface area contributed by atoms with Gasteiger partial charge in [-0.2, -0.15) is 13.2 Å². The molecule has 31 heavy (non-hydrogen) atoms. The van der Waals surface area contributed by atoms with Crippen molar-refractivity contribution < 1.29 is 22.8 Å². The molecule has 9 heteroatoms. The molecule has 1 spiro atoms. The highest BCUT2D eigenvalue weighted by molar-refractivity contribution is 6.00. The zero-order chi connectivity index (χ0) is 22.6. The predicted molar refractivity (Wildman–Crippen MR) is 108 cm³/mol. The molecule has 1 aromatic heterocycles. The van der Waals surface area contributed by atoms with E-state index in [1.54, 1.807) is 31.0 Å². The van der Waals surface area contributed by atoms with Crippen LogP contribution in [0.25, 0.3) is 11.1 Å². The van der Waals surface area contributed by atoms with Gasteiger partial charge in [-0.25, -0.2) is 0 Å². The van der Waals surface area contributed by atoms with Crippen LogP contribution in [0.5, 0.6) is 0 Å². The Labute approximate surface area is 177 Å². The van der Waals surface area contributed by atoms with Gasteiger partial charge in [-0.1, -0.05) is 0 Å². The van der Waals surface area contributed by atoms with Gasteiger partial charge in [0, 0.05) is 24.8 Å². The van der Waals surface area contributed by atoms with E-state index in [0.29, 0.717) is 42.8 Å². The Kier molecular flexibility index (Phi) is 5.04. The number of amides is 2. The Bertz CT molecular complexity index is 1070. The smallest absolute Gasteiger partial charge is 0.366 e. The van der Waals surface area contributed by atoms with E-state index in [0.717, 1.165) is 18.2 Å². The molecule has 2 amide bonds. The van der Waals surface area contributed by atoms with Gasteiger partial charge in [0.1, 0.15) is 5.54 Å². The summed E-state index contributed by atoms with van der Waals surface area (Å²) >= 11 is 0. The number of pyridine rings is 1. The summed E-state index contributed by atoms with van der Waals surface area (Å²) in [5.41, 5.74) is 5.72. The minimum absolute atomic E-state index is 0.00740. The molecule has 6 nitrogen and oxygen atoms in total. The molecule has 0 bridgehead atoms. The quantitative estimate of drug-likeness (QED) is 0.780. The first-order chi connectivity index (χ1) is 14.5. The summed E-state index contributed by atoms with van der Waals surface area (Å²) in [5.74, 6) is -0.756. The molecule has 2 unspecified atom stereocenters. The van der Waals surface area contributed by atoms with Crippen LogP contribution in [0, 0.1) is 6.92 Å². The number of aromatic nitrogens is 1. The zero-order valence-corrected chi connectivity index (χ0v) is 17.2. The number of benzene rings is 1. The number of hydrogen-bond donors (Lipinski definition) is 2. The van der Waals surface area contributed by atoms with Gasteiger partial charge in [0.25, 0.3) is 0 Å². The molecule has 0 radical (unpaired) electrons. The number of primary amides is 1. The monoisotopic (exact) mass is 432 g/mol. The first-order valence-corrected chi connectivity index (χ1v) is 10.0. The van der Waals surface area contributed by atoms with E-state index < -0.39 is 23.2 Å². The molecule has 1 aromatic carbocycles. The van der Waals surface area contributed by atoms with Gasteiger partial charge in [-0.05, 0) is 67.6 Å². The number of alkyl halides is 3. The lowest BCUT2D eigenvalue weighted by atomic mass is 9.95. The van der Waals surface area contributed by atoms with Gasteiger partial charge < -0.3 is 10.6 Å². The molecule has 2 aliphatic heterocycles. The first kappa shape index (κ1) is 21.3. The van der Waals surface area contributed by atoms with Crippen LogP contribution in [-0.2, 0) is 11.0 Å². The number of rotatable bonds is 3. The second-order valence-electron chi connectivity index (χ2n) is 8.34. The number of carbonyl (C=O) groups excluding carboxylic acids is 2. The van der Waals surface area contributed by atoms with E-state index in [2.05, 4.69) is 10.3 Å². The Morgan fingerprint density at radius 3 is 2.61 bits per heavy atom. The third-order valence-corrected chi connectivity index (χ3v) is 6.19. The first-order valence-electron chi connectivity index (χ1n) is 10.0. The Hall–Kier alpha value is -2.94. The van der Waals surface area contributed by atoms with Crippen LogP contribution >= 0.6 is 0 Å². The number of halogens is 3. The van der Waals surface area contributed by atoms with Crippen molar-refractivity contribution in [2.24, 2.45) is 5.73 Å². The lowest BCUT2D eigenvalue weighted by Crippen LogP contribution is -2.47. The SMILES string of the molecule is Cc1cc(-c2cc(C(F)(F)F)ccc2C(N)=O)cc(C2CCC3(CCN(C)C3=O)N2)n1. The van der Waals surface area contributed by atoms with Crippen molar-refractivity contribution >= 4 is 11.8 Å². The van der Waals surface area contributed by atoms with Gasteiger partial charge in [-0.15, -0.1) is 0 Å². The van der Waals surface area contributed by atoms with Crippen LogP contribution in [0.3, 0.4) is 0 Å². The Morgan fingerprint density at radius 2 is 2.00 bits per heavy atom. The topological polar surface area (TPSA) is 88.3 Å². The maximum absolute atomic E-state index is 13.3. The molecule has 164 valence electrons. The van der Waals surface area contributed by atoms with Gasteiger partial charge in [-0.3, -0.25) is 19.9 Å². The van der Waals surface area contributed by atoms with Crippen LogP contribution in [0.1, 0.15) is 52.6 Å². The van der Waals surface area contributed by atoms with Crippen molar-refractivity contribution in [3.63, 3.8) is 0 Å². The maximum atomic E-state index is 13.3. The fraction of sp³-hybridized carbons (Fsp3) is 0.409. The van der Waals surface area contributed by atoms with Gasteiger partial charge in [0.05, 0.1) is 17.3 Å². The predicted octanol–water partition coefficient (Wildman–Crippen LogP) is 3.20. The molecule has 3 N–H and O–H groups in total. The minimum Gasteiger partial charge on any atom is -0.366 e. The second-order valence-corrected chi connectivity index (χ2v) is 8.34. The summed E-state index contributed by atoms with van der Waals surface area (Å²) in [5, 5.41) is 3.42. The van der Waals surface area contributed by atoms with E-state index in [-0.39, 0.29) is 23.1 Å². The van der Waals surface area contributed by atoms with Gasteiger partial charge in [0.15, 0.2) is 0 Å². The average Bonchev–Trinajstić information content (AvgIpc) is 3.26. The van der Waals surface area contributed by atoms with Crippen molar-refractivity contribution in [2.75, 3.05) is 13.6 Å². The number of nitrogens with zero attached hydrogens (tertiary/aromatic N) is 2. The Morgan fingerprint density at radius 1 is 1.26 bits per heavy atom. The van der Waals surface area contributed by atoms with E-state index in [1.807, 2.05) is 0 Å². The van der Waals surface area contributed by atoms with Crippen molar-refractivity contribution in [2.45, 2.75) is 43.9 Å². The summed E-state index contributed by atoms with van der Waals surface area (Å²) < 4.78 is 39.9. The molecular formula is C22H23F3N4O2. The molecule has 2 fully saturated rings. The highest BCUT2D eigenvalue weighted by Gasteiger charge is 2.50. The van der Waals surface area contributed by atoms with Gasteiger partial charge in [0.2, 0.25) is 11.8 Å². The normalized spacial score (nSPS) is 23.7. The van der Waals surface area contributed by atoms with Gasteiger partial charge >= 0.3 is 6.18 Å². The summed E-state index contributed by atoms with van der Waals surface area (Å²) in [7, 11) is 1.77. The van der Waals surface area contributed by atoms with E-state index >= 15 is 0 Å². The summed E-state index contributed by atoms with van der Waals surface area (Å²) in [6.07, 6.45) is -2.50. The van der Waals surface area contributed by atoms with Crippen molar-refractivity contribution in [3.05, 3.63) is 52.8 Å². The average molecular weight is 432 g/mol. The van der Waals surface area contributed by atoms with Crippen LogP contribution in [0.15, 0.2) is 30.3 Å². The number of nitrogens with two attached hydrogens (primary N) is 1. The third kappa shape index (κ3) is 3.78. The molecule has 4 rings (SSSR count). The number of aryl methyl sites for hydroxylation is 1. The standard InChI is InChI=1S/C22H23F3N4O2/c1-12-9-13(16-11-14(22(23,24)25)3-4-15(16)19(26)30)10-18(27-12)17-5-6-21(28-17)7-8-29(2)20(21)31/h3-4,9-11,17,28H,5-8H2,1-2H3,(H2,26,30). The lowest BCUT2D eigenvalue weighted by Gasteiger charge is -2.23. The summed E-state index contributed by atoms with van der Waals surface area (Å²) in [6, 6.07) is 5.99. The van der Waals surface area contributed by atoms with E-state index in [9.17, 15) is 22.8 Å². The van der Waals surface area contributed by atoms with Crippen LogP contribution in [0.4, 0.5) is 13.2 Å². The van der Waals surface area contributed by atoms with Crippen LogP contribution in [0.2, 0.25) is 0 Å². The van der Waals surface area contributed by atoms with Crippen LogP contribution in [-0.4, -0.2) is 40.8 Å². The van der Waals surface area contributed by atoms with E-state index in [1.165, 1.54) is 0 Å². The third-order valence-electron chi connectivity index (χ3n) is 6.19. The van der Waals surface area contributed by atoms with Crippen molar-refractivity contribution in [1.82, 2.24) is 15.2 Å². The molecule has 0 saturated carbocycles. The highest BCUT2D eigenvalue weighted by Crippen LogP contribution is 2.40. The number of likely N-dealkylation sites (N-methyl/N-ethyl adjacent to an activating group) is 1.